The molecule has 0 unspecified atom stereocenters. The molecule has 2 aromatic heterocycles. The van der Waals surface area contributed by atoms with Gasteiger partial charge < -0.3 is 18.3 Å². The van der Waals surface area contributed by atoms with E-state index in [1.807, 2.05) is 0 Å². The van der Waals surface area contributed by atoms with E-state index in [0.29, 0.717) is 12.8 Å². The van der Waals surface area contributed by atoms with Crippen molar-refractivity contribution in [3.8, 4) is 11.5 Å². The van der Waals surface area contributed by atoms with E-state index in [-0.39, 0.29) is 23.4 Å². The fraction of sp³-hybridized carbons (Fsp3) is 0.429. The minimum absolute atomic E-state index is 0.195. The molecule has 29 heavy (non-hydrogen) atoms. The van der Waals surface area contributed by atoms with Crippen LogP contribution < -0.4 is 20.7 Å². The van der Waals surface area contributed by atoms with Gasteiger partial charge in [-0.05, 0) is 12.8 Å². The number of carbonyl (C=O) groups excluding carboxylic acids is 2. The van der Waals surface area contributed by atoms with E-state index >= 15 is 0 Å². The Bertz CT molecular complexity index is 822. The van der Waals surface area contributed by atoms with E-state index in [4.69, 9.17) is 9.47 Å². The van der Waals surface area contributed by atoms with Crippen molar-refractivity contribution in [2.75, 3.05) is 0 Å². The molecular formula is C21H24O8. The maximum Gasteiger partial charge on any atom is 0.339 e. The monoisotopic (exact) mass is 404 g/mol. The molecule has 8 nitrogen and oxygen atoms in total. The standard InChI is InChI=1S/C21H24O8/c22-18(28-16-10-12-26-20(24)14-16)8-6-4-2-1-3-5-7-9-19(23)29-17-11-13-27-21(25)15-17/h10-15H,1-9H2. The Morgan fingerprint density at radius 3 is 1.41 bits per heavy atom. The first-order chi connectivity index (χ1) is 14.0. The first kappa shape index (κ1) is 22.1. The van der Waals surface area contributed by atoms with Gasteiger partial charge in [-0.3, -0.25) is 9.59 Å². The first-order valence-electron chi connectivity index (χ1n) is 9.62. The lowest BCUT2D eigenvalue weighted by molar-refractivity contribution is -0.135. The van der Waals surface area contributed by atoms with Gasteiger partial charge in [0, 0.05) is 25.0 Å². The van der Waals surface area contributed by atoms with Crippen LogP contribution in [0.15, 0.2) is 55.2 Å². The third kappa shape index (κ3) is 9.55. The highest BCUT2D eigenvalue weighted by molar-refractivity contribution is 5.72. The van der Waals surface area contributed by atoms with Crippen molar-refractivity contribution in [1.29, 1.82) is 0 Å². The predicted molar refractivity (Wildman–Crippen MR) is 103 cm³/mol. The molecule has 2 aromatic rings. The van der Waals surface area contributed by atoms with Gasteiger partial charge in [0.1, 0.15) is 11.5 Å². The number of hydrogen-bond donors (Lipinski definition) is 0. The van der Waals surface area contributed by atoms with Gasteiger partial charge in [0.05, 0.1) is 24.7 Å². The van der Waals surface area contributed by atoms with Crippen molar-refractivity contribution in [2.24, 2.45) is 0 Å². The molecule has 0 saturated heterocycles. The largest absolute Gasteiger partial charge is 0.431 e. The van der Waals surface area contributed by atoms with Crippen LogP contribution in [0.25, 0.3) is 0 Å². The van der Waals surface area contributed by atoms with Crippen molar-refractivity contribution in [3.63, 3.8) is 0 Å². The summed E-state index contributed by atoms with van der Waals surface area (Å²) in [5, 5.41) is 0. The maximum absolute atomic E-state index is 11.7. The highest BCUT2D eigenvalue weighted by Crippen LogP contribution is 2.13. The molecule has 0 aromatic carbocycles. The van der Waals surface area contributed by atoms with Gasteiger partial charge in [0.25, 0.3) is 0 Å². The second kappa shape index (κ2) is 12.3. The van der Waals surface area contributed by atoms with Gasteiger partial charge in [-0.15, -0.1) is 0 Å². The van der Waals surface area contributed by atoms with Crippen LogP contribution in [0.1, 0.15) is 57.8 Å². The van der Waals surface area contributed by atoms with Gasteiger partial charge in [-0.25, -0.2) is 9.59 Å². The number of rotatable bonds is 12. The van der Waals surface area contributed by atoms with Crippen LogP contribution in [0, 0.1) is 0 Å². The molecule has 0 N–H and O–H groups in total. The lowest BCUT2D eigenvalue weighted by Gasteiger charge is -2.04. The molecule has 2 rings (SSSR count). The molecule has 0 radical (unpaired) electrons. The Morgan fingerprint density at radius 1 is 0.655 bits per heavy atom. The van der Waals surface area contributed by atoms with Crippen LogP contribution in [0.2, 0.25) is 0 Å². The van der Waals surface area contributed by atoms with Crippen LogP contribution in [0.4, 0.5) is 0 Å². The fourth-order valence-corrected chi connectivity index (χ4v) is 2.65. The summed E-state index contributed by atoms with van der Waals surface area (Å²) in [5.74, 6) is -0.350. The van der Waals surface area contributed by atoms with Crippen LogP contribution in [-0.4, -0.2) is 11.9 Å². The molecule has 0 atom stereocenters. The zero-order chi connectivity index (χ0) is 20.9. The normalized spacial score (nSPS) is 10.5. The van der Waals surface area contributed by atoms with E-state index < -0.39 is 11.3 Å². The van der Waals surface area contributed by atoms with E-state index in [0.717, 1.165) is 57.1 Å². The Kier molecular flexibility index (Phi) is 9.41. The zero-order valence-electron chi connectivity index (χ0n) is 16.1. The number of hydrogen-bond acceptors (Lipinski definition) is 8. The van der Waals surface area contributed by atoms with Crippen molar-refractivity contribution >= 4 is 11.9 Å². The van der Waals surface area contributed by atoms with Crippen LogP contribution in [-0.2, 0) is 9.59 Å². The molecule has 0 aliphatic carbocycles. The molecular weight excluding hydrogens is 380 g/mol. The number of unbranched alkanes of at least 4 members (excludes halogenated alkanes) is 6. The molecule has 0 fully saturated rings. The summed E-state index contributed by atoms with van der Waals surface area (Å²) in [7, 11) is 0. The Morgan fingerprint density at radius 2 is 1.03 bits per heavy atom. The number of esters is 2. The van der Waals surface area contributed by atoms with Crippen molar-refractivity contribution in [2.45, 2.75) is 57.8 Å². The molecule has 8 heteroatoms. The Labute approximate surface area is 167 Å². The highest BCUT2D eigenvalue weighted by atomic mass is 16.5. The second-order valence-corrected chi connectivity index (χ2v) is 6.50. The molecule has 0 bridgehead atoms. The van der Waals surface area contributed by atoms with E-state index in [2.05, 4.69) is 8.83 Å². The Hall–Kier alpha value is -3.16. The fourth-order valence-electron chi connectivity index (χ4n) is 2.65. The predicted octanol–water partition coefficient (Wildman–Crippen LogP) is 3.61. The number of ether oxygens (including phenoxy) is 2. The van der Waals surface area contributed by atoms with E-state index in [1.54, 1.807) is 0 Å². The van der Waals surface area contributed by atoms with Crippen LogP contribution >= 0.6 is 0 Å². The third-order valence-electron chi connectivity index (χ3n) is 4.08. The van der Waals surface area contributed by atoms with E-state index in [9.17, 15) is 19.2 Å². The summed E-state index contributed by atoms with van der Waals surface area (Å²) in [6, 6.07) is 5.10. The van der Waals surface area contributed by atoms with Crippen molar-refractivity contribution in [3.05, 3.63) is 57.6 Å². The van der Waals surface area contributed by atoms with Crippen LogP contribution in [0.3, 0.4) is 0 Å². The average molecular weight is 404 g/mol. The molecule has 0 aliphatic rings. The zero-order valence-corrected chi connectivity index (χ0v) is 16.1. The lowest BCUT2D eigenvalue weighted by atomic mass is 10.1. The summed E-state index contributed by atoms with van der Waals surface area (Å²) in [5.41, 5.74) is -1.12. The quantitative estimate of drug-likeness (QED) is 0.389. The summed E-state index contributed by atoms with van der Waals surface area (Å²) >= 11 is 0. The third-order valence-corrected chi connectivity index (χ3v) is 4.08. The minimum Gasteiger partial charge on any atom is -0.431 e. The van der Waals surface area contributed by atoms with Gasteiger partial charge in [0.15, 0.2) is 0 Å². The lowest BCUT2D eigenvalue weighted by Crippen LogP contribution is -2.09. The summed E-state index contributed by atoms with van der Waals surface area (Å²) in [4.78, 5) is 45.4. The molecule has 0 aliphatic heterocycles. The smallest absolute Gasteiger partial charge is 0.339 e. The minimum atomic E-state index is -0.559. The average Bonchev–Trinajstić information content (AvgIpc) is 2.66. The second-order valence-electron chi connectivity index (χ2n) is 6.50. The van der Waals surface area contributed by atoms with Gasteiger partial charge in [-0.1, -0.05) is 32.1 Å². The number of carbonyl (C=O) groups is 2. The Balaban J connectivity index is 1.45. The molecule has 0 saturated carbocycles. The highest BCUT2D eigenvalue weighted by Gasteiger charge is 2.07. The van der Waals surface area contributed by atoms with Crippen molar-refractivity contribution < 1.29 is 27.9 Å². The van der Waals surface area contributed by atoms with Crippen molar-refractivity contribution in [1.82, 2.24) is 0 Å². The van der Waals surface area contributed by atoms with Crippen LogP contribution in [0.5, 0.6) is 11.5 Å². The SMILES string of the molecule is O=C(CCCCCCCCCC(=O)Oc1ccoc(=O)c1)Oc1ccoc(=O)c1. The molecule has 2 heterocycles. The summed E-state index contributed by atoms with van der Waals surface area (Å²) in [6.07, 6.45) is 9.22. The van der Waals surface area contributed by atoms with Gasteiger partial charge in [0.2, 0.25) is 0 Å². The van der Waals surface area contributed by atoms with Gasteiger partial charge >= 0.3 is 23.2 Å². The summed E-state index contributed by atoms with van der Waals surface area (Å²) in [6.45, 7) is 0. The maximum atomic E-state index is 11.7. The topological polar surface area (TPSA) is 113 Å². The molecule has 0 spiro atoms. The first-order valence-corrected chi connectivity index (χ1v) is 9.62. The van der Waals surface area contributed by atoms with Gasteiger partial charge in [-0.2, -0.15) is 0 Å². The molecule has 156 valence electrons. The molecule has 0 amide bonds. The summed E-state index contributed by atoms with van der Waals surface area (Å²) < 4.78 is 19.2. The van der Waals surface area contributed by atoms with E-state index in [1.165, 1.54) is 24.7 Å².